The van der Waals surface area contributed by atoms with Crippen LogP contribution in [-0.4, -0.2) is 36.8 Å². The van der Waals surface area contributed by atoms with Crippen LogP contribution in [0.2, 0.25) is 0 Å². The van der Waals surface area contributed by atoms with E-state index in [0.29, 0.717) is 0 Å². The van der Waals surface area contributed by atoms with Crippen molar-refractivity contribution in [1.29, 1.82) is 0 Å². The second-order valence-electron chi connectivity index (χ2n) is 3.15. The van der Waals surface area contributed by atoms with Crippen LogP contribution < -0.4 is 10.8 Å². The summed E-state index contributed by atoms with van der Waals surface area (Å²) in [5, 5.41) is 10.7. The van der Waals surface area contributed by atoms with Crippen molar-refractivity contribution < 1.29 is 19.5 Å². The minimum atomic E-state index is -0.680. The molecule has 0 rings (SSSR count). The standard InChI is InChI=1S/C8H16N2O4/c1-5(2)7(8(12)14-3)10-6(11)4-9-13/h5,7,9,13H,4H2,1-3H3,(H,10,11). The number of rotatable bonds is 5. The Labute approximate surface area is 82.6 Å². The molecule has 82 valence electrons. The van der Waals surface area contributed by atoms with Crippen molar-refractivity contribution in [2.75, 3.05) is 13.7 Å². The minimum absolute atomic E-state index is 0.0647. The van der Waals surface area contributed by atoms with E-state index in [0.717, 1.165) is 0 Å². The van der Waals surface area contributed by atoms with Crippen molar-refractivity contribution in [3.63, 3.8) is 0 Å². The number of nitrogens with one attached hydrogen (secondary N) is 2. The summed E-state index contributed by atoms with van der Waals surface area (Å²) in [5.74, 6) is -1.02. The van der Waals surface area contributed by atoms with Crippen molar-refractivity contribution in [3.8, 4) is 0 Å². The van der Waals surface area contributed by atoms with Gasteiger partial charge < -0.3 is 15.3 Å². The number of methoxy groups -OCH3 is 1. The summed E-state index contributed by atoms with van der Waals surface area (Å²) in [7, 11) is 1.26. The average molecular weight is 204 g/mol. The van der Waals surface area contributed by atoms with Gasteiger partial charge in [-0.1, -0.05) is 13.8 Å². The highest BCUT2D eigenvalue weighted by Gasteiger charge is 2.24. The highest BCUT2D eigenvalue weighted by atomic mass is 16.5. The van der Waals surface area contributed by atoms with E-state index < -0.39 is 17.9 Å². The first-order chi connectivity index (χ1) is 6.52. The normalized spacial score (nSPS) is 12.4. The molecule has 6 heteroatoms. The summed E-state index contributed by atoms with van der Waals surface area (Å²) in [5.41, 5.74) is 1.70. The van der Waals surface area contributed by atoms with Gasteiger partial charge in [0.1, 0.15) is 6.04 Å². The number of hydrogen-bond donors (Lipinski definition) is 3. The largest absolute Gasteiger partial charge is 0.467 e. The van der Waals surface area contributed by atoms with Crippen molar-refractivity contribution in [1.82, 2.24) is 10.8 Å². The van der Waals surface area contributed by atoms with Gasteiger partial charge in [0, 0.05) is 0 Å². The number of hydroxylamine groups is 1. The fraction of sp³-hybridized carbons (Fsp3) is 0.750. The second-order valence-corrected chi connectivity index (χ2v) is 3.15. The number of carbonyl (C=O) groups is 2. The van der Waals surface area contributed by atoms with Crippen LogP contribution in [0.5, 0.6) is 0 Å². The van der Waals surface area contributed by atoms with Crippen LogP contribution >= 0.6 is 0 Å². The van der Waals surface area contributed by atoms with Gasteiger partial charge in [0.25, 0.3) is 0 Å². The van der Waals surface area contributed by atoms with E-state index in [-0.39, 0.29) is 12.5 Å². The van der Waals surface area contributed by atoms with Crippen molar-refractivity contribution in [2.24, 2.45) is 5.92 Å². The van der Waals surface area contributed by atoms with E-state index in [1.54, 1.807) is 19.3 Å². The first-order valence-electron chi connectivity index (χ1n) is 4.27. The Balaban J connectivity index is 4.23. The molecule has 0 spiro atoms. The maximum Gasteiger partial charge on any atom is 0.328 e. The van der Waals surface area contributed by atoms with E-state index in [2.05, 4.69) is 10.1 Å². The number of hydrogen-bond acceptors (Lipinski definition) is 5. The highest BCUT2D eigenvalue weighted by molar-refractivity contribution is 5.85. The number of carbonyl (C=O) groups excluding carboxylic acids is 2. The molecule has 0 heterocycles. The summed E-state index contributed by atoms with van der Waals surface area (Å²) >= 11 is 0. The third kappa shape index (κ3) is 4.20. The minimum Gasteiger partial charge on any atom is -0.467 e. The average Bonchev–Trinajstić information content (AvgIpc) is 2.13. The Hall–Kier alpha value is -1.14. The second kappa shape index (κ2) is 6.33. The molecular weight excluding hydrogens is 188 g/mol. The van der Waals surface area contributed by atoms with Crippen LogP contribution in [-0.2, 0) is 14.3 Å². The third-order valence-corrected chi connectivity index (χ3v) is 1.68. The predicted molar refractivity (Wildman–Crippen MR) is 48.6 cm³/mol. The molecule has 0 aromatic carbocycles. The molecule has 1 atom stereocenters. The molecule has 0 aromatic heterocycles. The van der Waals surface area contributed by atoms with Gasteiger partial charge in [0.05, 0.1) is 13.7 Å². The number of amides is 1. The lowest BCUT2D eigenvalue weighted by Gasteiger charge is -2.19. The Kier molecular flexibility index (Phi) is 5.82. The lowest BCUT2D eigenvalue weighted by Crippen LogP contribution is -2.47. The molecule has 0 aliphatic carbocycles. The molecule has 14 heavy (non-hydrogen) atoms. The smallest absolute Gasteiger partial charge is 0.328 e. The van der Waals surface area contributed by atoms with Crippen molar-refractivity contribution >= 4 is 11.9 Å². The molecule has 0 radical (unpaired) electrons. The molecular formula is C8H16N2O4. The molecule has 0 fully saturated rings. The van der Waals surface area contributed by atoms with Gasteiger partial charge in [-0.05, 0) is 5.92 Å². The molecule has 1 unspecified atom stereocenters. The van der Waals surface area contributed by atoms with E-state index in [4.69, 9.17) is 5.21 Å². The molecule has 0 saturated carbocycles. The number of esters is 1. The van der Waals surface area contributed by atoms with Crippen LogP contribution in [0.4, 0.5) is 0 Å². The first-order valence-corrected chi connectivity index (χ1v) is 4.27. The zero-order chi connectivity index (χ0) is 11.1. The first kappa shape index (κ1) is 12.9. The summed E-state index contributed by atoms with van der Waals surface area (Å²) in [6, 6.07) is -0.680. The molecule has 1 amide bonds. The van der Waals surface area contributed by atoms with Gasteiger partial charge in [-0.3, -0.25) is 4.79 Å². The molecule has 0 bridgehead atoms. The molecule has 6 nitrogen and oxygen atoms in total. The SMILES string of the molecule is COC(=O)C(NC(=O)CNO)C(C)C. The van der Waals surface area contributed by atoms with E-state index in [9.17, 15) is 9.59 Å². The monoisotopic (exact) mass is 204 g/mol. The van der Waals surface area contributed by atoms with E-state index in [1.165, 1.54) is 7.11 Å². The molecule has 0 aromatic rings. The Morgan fingerprint density at radius 3 is 2.36 bits per heavy atom. The Morgan fingerprint density at radius 1 is 1.43 bits per heavy atom. The summed E-state index contributed by atoms with van der Waals surface area (Å²) in [6.07, 6.45) is 0. The van der Waals surface area contributed by atoms with Crippen LogP contribution in [0.25, 0.3) is 0 Å². The maximum atomic E-state index is 11.2. The van der Waals surface area contributed by atoms with Gasteiger partial charge in [-0.2, -0.15) is 5.48 Å². The highest BCUT2D eigenvalue weighted by Crippen LogP contribution is 2.02. The van der Waals surface area contributed by atoms with Gasteiger partial charge in [0.15, 0.2) is 0 Å². The van der Waals surface area contributed by atoms with Crippen molar-refractivity contribution in [2.45, 2.75) is 19.9 Å². The summed E-state index contributed by atoms with van der Waals surface area (Å²) in [4.78, 5) is 22.2. The molecule has 0 saturated heterocycles. The lowest BCUT2D eigenvalue weighted by molar-refractivity contribution is -0.146. The predicted octanol–water partition coefficient (Wildman–Crippen LogP) is -0.721. The zero-order valence-electron chi connectivity index (χ0n) is 8.53. The number of ether oxygens (including phenoxy) is 1. The van der Waals surface area contributed by atoms with Crippen molar-refractivity contribution in [3.05, 3.63) is 0 Å². The van der Waals surface area contributed by atoms with E-state index in [1.807, 2.05) is 0 Å². The fourth-order valence-electron chi connectivity index (χ4n) is 0.921. The quantitative estimate of drug-likeness (QED) is 0.406. The van der Waals surface area contributed by atoms with Gasteiger partial charge >= 0.3 is 5.97 Å². The lowest BCUT2D eigenvalue weighted by atomic mass is 10.0. The third-order valence-electron chi connectivity index (χ3n) is 1.68. The van der Waals surface area contributed by atoms with E-state index >= 15 is 0 Å². The maximum absolute atomic E-state index is 11.2. The van der Waals surface area contributed by atoms with Gasteiger partial charge in [-0.25, -0.2) is 4.79 Å². The van der Waals surface area contributed by atoms with Crippen LogP contribution in [0.3, 0.4) is 0 Å². The van der Waals surface area contributed by atoms with Crippen LogP contribution in [0, 0.1) is 5.92 Å². The van der Waals surface area contributed by atoms with Crippen LogP contribution in [0.15, 0.2) is 0 Å². The van der Waals surface area contributed by atoms with Gasteiger partial charge in [0.2, 0.25) is 5.91 Å². The molecule has 3 N–H and O–H groups in total. The Bertz CT molecular complexity index is 206. The fourth-order valence-corrected chi connectivity index (χ4v) is 0.921. The summed E-state index contributed by atoms with van der Waals surface area (Å²) < 4.78 is 4.52. The molecule has 0 aliphatic heterocycles. The summed E-state index contributed by atoms with van der Waals surface area (Å²) in [6.45, 7) is 3.32. The zero-order valence-corrected chi connectivity index (χ0v) is 8.53. The van der Waals surface area contributed by atoms with Gasteiger partial charge in [-0.15, -0.1) is 0 Å². The topological polar surface area (TPSA) is 87.7 Å². The molecule has 0 aliphatic rings. The Morgan fingerprint density at radius 2 is 2.00 bits per heavy atom. The van der Waals surface area contributed by atoms with Crippen LogP contribution in [0.1, 0.15) is 13.8 Å².